The molecule has 1 fully saturated rings. The average molecular weight is 428 g/mol. The number of hydrogen-bond acceptors (Lipinski definition) is 8. The van der Waals surface area contributed by atoms with Gasteiger partial charge < -0.3 is 24.8 Å². The van der Waals surface area contributed by atoms with Gasteiger partial charge in [0.2, 0.25) is 0 Å². The van der Waals surface area contributed by atoms with Crippen LogP contribution < -0.4 is 15.1 Å². The molecule has 0 radical (unpaired) electrons. The molecule has 10 nitrogen and oxygen atoms in total. The van der Waals surface area contributed by atoms with E-state index in [4.69, 9.17) is 4.74 Å². The summed E-state index contributed by atoms with van der Waals surface area (Å²) in [5.41, 5.74) is 0.643. The van der Waals surface area contributed by atoms with Gasteiger partial charge in [0.1, 0.15) is 11.4 Å². The van der Waals surface area contributed by atoms with Crippen LogP contribution in [0, 0.1) is 0 Å². The van der Waals surface area contributed by atoms with E-state index in [2.05, 4.69) is 25.4 Å². The van der Waals surface area contributed by atoms with Crippen LogP contribution in [-0.4, -0.2) is 78.0 Å². The lowest BCUT2D eigenvalue weighted by Gasteiger charge is -2.36. The van der Waals surface area contributed by atoms with Gasteiger partial charge in [-0.1, -0.05) is 0 Å². The fourth-order valence-electron chi connectivity index (χ4n) is 2.99. The van der Waals surface area contributed by atoms with Crippen LogP contribution in [0.4, 0.5) is 22.1 Å². The molecule has 0 unspecified atom stereocenters. The number of ether oxygens (including phenoxy) is 1. The normalized spacial score (nSPS) is 14.2. The number of aromatic nitrogens is 3. The molecule has 1 saturated heterocycles. The van der Waals surface area contributed by atoms with E-state index in [9.17, 15) is 9.59 Å². The van der Waals surface area contributed by atoms with Crippen molar-refractivity contribution in [2.45, 2.75) is 26.4 Å². The van der Waals surface area contributed by atoms with Crippen LogP contribution >= 0.6 is 0 Å². The number of rotatable bonds is 4. The molecule has 31 heavy (non-hydrogen) atoms. The monoisotopic (exact) mass is 427 g/mol. The minimum absolute atomic E-state index is 0.217. The van der Waals surface area contributed by atoms with Crippen LogP contribution in [0.5, 0.6) is 0 Å². The highest BCUT2D eigenvalue weighted by Gasteiger charge is 2.26. The van der Waals surface area contributed by atoms with Gasteiger partial charge in [-0.3, -0.25) is 4.79 Å². The van der Waals surface area contributed by atoms with Crippen LogP contribution in [0.1, 0.15) is 31.3 Å². The molecule has 1 N–H and O–H groups in total. The molecule has 2 amide bonds. The van der Waals surface area contributed by atoms with Crippen molar-refractivity contribution in [2.24, 2.45) is 0 Å². The highest BCUT2D eigenvalue weighted by molar-refractivity contribution is 6.02. The maximum atomic E-state index is 12.4. The van der Waals surface area contributed by atoms with E-state index < -0.39 is 5.60 Å². The van der Waals surface area contributed by atoms with E-state index >= 15 is 0 Å². The van der Waals surface area contributed by atoms with Gasteiger partial charge in [0.05, 0.1) is 11.9 Å². The summed E-state index contributed by atoms with van der Waals surface area (Å²) in [6.07, 6.45) is 1.42. The Bertz CT molecular complexity index is 900. The van der Waals surface area contributed by atoms with Crippen molar-refractivity contribution in [1.29, 1.82) is 0 Å². The number of hydrogen-bond donors (Lipinski definition) is 1. The summed E-state index contributed by atoms with van der Waals surface area (Å²) in [6.45, 7) is 8.10. The summed E-state index contributed by atoms with van der Waals surface area (Å²) in [6, 6.07) is 6.99. The highest BCUT2D eigenvalue weighted by Crippen LogP contribution is 2.19. The third-order valence-electron chi connectivity index (χ3n) is 4.63. The Balaban J connectivity index is 1.53. The van der Waals surface area contributed by atoms with Gasteiger partial charge in [-0.25, -0.2) is 9.78 Å². The molecule has 3 heterocycles. The van der Waals surface area contributed by atoms with Crippen molar-refractivity contribution in [3.8, 4) is 0 Å². The van der Waals surface area contributed by atoms with E-state index in [1.54, 1.807) is 29.3 Å². The van der Waals surface area contributed by atoms with Gasteiger partial charge in [-0.2, -0.15) is 0 Å². The van der Waals surface area contributed by atoms with Gasteiger partial charge in [-0.15, -0.1) is 10.2 Å². The molecule has 0 aromatic carbocycles. The molecule has 2 aromatic rings. The lowest BCUT2D eigenvalue weighted by molar-refractivity contribution is 0.0240. The van der Waals surface area contributed by atoms with Crippen LogP contribution in [0.15, 0.2) is 30.5 Å². The van der Waals surface area contributed by atoms with Crippen LogP contribution in [0.3, 0.4) is 0 Å². The minimum atomic E-state index is -0.502. The number of nitrogens with one attached hydrogen (secondary N) is 1. The average Bonchev–Trinajstić information content (AvgIpc) is 2.73. The van der Waals surface area contributed by atoms with Gasteiger partial charge in [0.25, 0.3) is 5.91 Å². The number of piperazine rings is 1. The summed E-state index contributed by atoms with van der Waals surface area (Å²) in [4.78, 5) is 34.5. The first-order valence-corrected chi connectivity index (χ1v) is 10.1. The molecule has 0 saturated carbocycles. The molecule has 0 aliphatic carbocycles. The predicted molar refractivity (Wildman–Crippen MR) is 119 cm³/mol. The van der Waals surface area contributed by atoms with Crippen molar-refractivity contribution in [1.82, 2.24) is 20.1 Å². The molecule has 10 heteroatoms. The first-order chi connectivity index (χ1) is 14.6. The second-order valence-electron chi connectivity index (χ2n) is 8.48. The van der Waals surface area contributed by atoms with Crippen LogP contribution in [0.25, 0.3) is 0 Å². The zero-order chi connectivity index (χ0) is 22.6. The van der Waals surface area contributed by atoms with Crippen molar-refractivity contribution in [2.75, 3.05) is 55.4 Å². The Hall–Kier alpha value is -3.43. The summed E-state index contributed by atoms with van der Waals surface area (Å²) >= 11 is 0. The third kappa shape index (κ3) is 6.03. The number of anilines is 3. The van der Waals surface area contributed by atoms with Crippen LogP contribution in [-0.2, 0) is 4.74 Å². The summed E-state index contributed by atoms with van der Waals surface area (Å²) in [7, 11) is 3.71. The van der Waals surface area contributed by atoms with E-state index in [0.717, 1.165) is 5.69 Å². The standard InChI is InChI=1S/C21H29N7O3/c1-21(2,3)31-20(30)28-12-10-27(11-13-28)15-6-8-17(22-14-15)23-19(29)16-7-9-18(25-24-16)26(4)5/h6-9,14H,10-13H2,1-5H3,(H,22,23,29). The Morgan fingerprint density at radius 2 is 1.74 bits per heavy atom. The molecule has 0 atom stereocenters. The number of amides is 2. The third-order valence-corrected chi connectivity index (χ3v) is 4.63. The maximum Gasteiger partial charge on any atom is 0.410 e. The number of carbonyl (C=O) groups excluding carboxylic acids is 2. The Labute approximate surface area is 182 Å². The number of pyridine rings is 1. The lowest BCUT2D eigenvalue weighted by atomic mass is 10.2. The van der Waals surface area contributed by atoms with Gasteiger partial charge in [-0.05, 0) is 45.0 Å². The van der Waals surface area contributed by atoms with Gasteiger partial charge >= 0.3 is 6.09 Å². The summed E-state index contributed by atoms with van der Waals surface area (Å²) in [5, 5.41) is 10.7. The van der Waals surface area contributed by atoms with E-state index in [-0.39, 0.29) is 17.7 Å². The molecule has 3 rings (SSSR count). The quantitative estimate of drug-likeness (QED) is 0.792. The van der Waals surface area contributed by atoms with Crippen LogP contribution in [0.2, 0.25) is 0 Å². The number of carbonyl (C=O) groups is 2. The molecular weight excluding hydrogens is 398 g/mol. The SMILES string of the molecule is CN(C)c1ccc(C(=O)Nc2ccc(N3CCN(C(=O)OC(C)(C)C)CC3)cn2)nn1. The van der Waals surface area contributed by atoms with Gasteiger partial charge in [0, 0.05) is 40.3 Å². The van der Waals surface area contributed by atoms with Crippen molar-refractivity contribution >= 4 is 29.3 Å². The smallest absolute Gasteiger partial charge is 0.410 e. The fourth-order valence-corrected chi connectivity index (χ4v) is 2.99. The fraction of sp³-hybridized carbons (Fsp3) is 0.476. The molecule has 0 bridgehead atoms. The van der Waals surface area contributed by atoms with Crippen molar-refractivity contribution < 1.29 is 14.3 Å². The molecule has 2 aromatic heterocycles. The lowest BCUT2D eigenvalue weighted by Crippen LogP contribution is -2.50. The predicted octanol–water partition coefficient (Wildman–Crippen LogP) is 2.25. The second-order valence-corrected chi connectivity index (χ2v) is 8.48. The first-order valence-electron chi connectivity index (χ1n) is 10.1. The Morgan fingerprint density at radius 1 is 1.03 bits per heavy atom. The summed E-state index contributed by atoms with van der Waals surface area (Å²) in [5.74, 6) is 0.731. The summed E-state index contributed by atoms with van der Waals surface area (Å²) < 4.78 is 5.43. The first kappa shape index (κ1) is 22.3. The van der Waals surface area contributed by atoms with Crippen molar-refractivity contribution in [3.05, 3.63) is 36.2 Å². The molecular formula is C21H29N7O3. The Morgan fingerprint density at radius 3 is 2.26 bits per heavy atom. The van der Waals surface area contributed by atoms with Crippen molar-refractivity contribution in [3.63, 3.8) is 0 Å². The van der Waals surface area contributed by atoms with E-state index in [0.29, 0.717) is 37.8 Å². The highest BCUT2D eigenvalue weighted by atomic mass is 16.6. The molecule has 1 aliphatic rings. The second kappa shape index (κ2) is 9.15. The molecule has 1 aliphatic heterocycles. The maximum absolute atomic E-state index is 12.4. The molecule has 0 spiro atoms. The molecule has 166 valence electrons. The zero-order valence-corrected chi connectivity index (χ0v) is 18.6. The van der Waals surface area contributed by atoms with E-state index in [1.807, 2.05) is 45.8 Å². The largest absolute Gasteiger partial charge is 0.444 e. The number of nitrogens with zero attached hydrogens (tertiary/aromatic N) is 6. The Kier molecular flexibility index (Phi) is 6.57. The minimum Gasteiger partial charge on any atom is -0.444 e. The zero-order valence-electron chi connectivity index (χ0n) is 18.6. The van der Waals surface area contributed by atoms with Gasteiger partial charge in [0.15, 0.2) is 11.5 Å². The topological polar surface area (TPSA) is 104 Å². The van der Waals surface area contributed by atoms with E-state index in [1.165, 1.54) is 0 Å².